The van der Waals surface area contributed by atoms with Gasteiger partial charge in [-0.05, 0) is 61.2 Å². The van der Waals surface area contributed by atoms with Crippen LogP contribution in [0.5, 0.6) is 0 Å². The molecule has 2 fully saturated rings. The molecule has 0 aromatic heterocycles. The van der Waals surface area contributed by atoms with Crippen LogP contribution in [0.3, 0.4) is 0 Å². The summed E-state index contributed by atoms with van der Waals surface area (Å²) in [5.41, 5.74) is 0. The first-order valence-corrected chi connectivity index (χ1v) is 11.0. The number of rotatable bonds is 6. The Bertz CT molecular complexity index is 374. The van der Waals surface area contributed by atoms with Crippen LogP contribution in [0.25, 0.3) is 0 Å². The SMILES string of the molecule is CC1CCC(C(C)C)C(OS(=O)OC2CC(C)CCC2C(C)C)C1. The molecule has 0 amide bonds. The Morgan fingerprint density at radius 2 is 1.12 bits per heavy atom. The van der Waals surface area contributed by atoms with Crippen molar-refractivity contribution < 1.29 is 12.6 Å². The van der Waals surface area contributed by atoms with Crippen molar-refractivity contribution in [2.45, 2.75) is 92.3 Å². The number of hydrogen-bond acceptors (Lipinski definition) is 3. The van der Waals surface area contributed by atoms with Gasteiger partial charge in [0.15, 0.2) is 0 Å². The van der Waals surface area contributed by atoms with Crippen LogP contribution in [0.15, 0.2) is 0 Å². The van der Waals surface area contributed by atoms with Gasteiger partial charge in [0.2, 0.25) is 0 Å². The summed E-state index contributed by atoms with van der Waals surface area (Å²) in [6.45, 7) is 13.5. The minimum atomic E-state index is -1.62. The van der Waals surface area contributed by atoms with E-state index in [1.807, 2.05) is 0 Å². The van der Waals surface area contributed by atoms with Crippen LogP contribution in [-0.4, -0.2) is 16.4 Å². The lowest BCUT2D eigenvalue weighted by molar-refractivity contribution is 0.0142. The molecule has 0 aliphatic heterocycles. The van der Waals surface area contributed by atoms with E-state index < -0.39 is 11.4 Å². The number of hydrogen-bond donors (Lipinski definition) is 0. The molecule has 2 rings (SSSR count). The molecule has 2 aliphatic rings. The van der Waals surface area contributed by atoms with E-state index in [1.54, 1.807) is 0 Å². The van der Waals surface area contributed by atoms with Gasteiger partial charge >= 0.3 is 11.4 Å². The molecule has 0 N–H and O–H groups in total. The van der Waals surface area contributed by atoms with Crippen LogP contribution >= 0.6 is 0 Å². The summed E-state index contributed by atoms with van der Waals surface area (Å²) in [6.07, 6.45) is 7.03. The van der Waals surface area contributed by atoms with E-state index in [-0.39, 0.29) is 12.2 Å². The summed E-state index contributed by atoms with van der Waals surface area (Å²) in [6, 6.07) is 0. The summed E-state index contributed by atoms with van der Waals surface area (Å²) >= 11 is -1.62. The van der Waals surface area contributed by atoms with Gasteiger partial charge in [0, 0.05) is 0 Å². The van der Waals surface area contributed by atoms with Crippen molar-refractivity contribution in [3.63, 3.8) is 0 Å². The lowest BCUT2D eigenvalue weighted by atomic mass is 9.75. The average molecular weight is 359 g/mol. The van der Waals surface area contributed by atoms with Gasteiger partial charge in [0.25, 0.3) is 0 Å². The first-order valence-electron chi connectivity index (χ1n) is 10.0. The molecule has 142 valence electrons. The van der Waals surface area contributed by atoms with E-state index in [4.69, 9.17) is 8.37 Å². The van der Waals surface area contributed by atoms with Gasteiger partial charge in [-0.2, -0.15) is 4.21 Å². The van der Waals surface area contributed by atoms with Crippen LogP contribution in [0.1, 0.15) is 80.1 Å². The van der Waals surface area contributed by atoms with Gasteiger partial charge in [-0.25, -0.2) is 0 Å². The maximum atomic E-state index is 12.6. The minimum absolute atomic E-state index is 0.0769. The summed E-state index contributed by atoms with van der Waals surface area (Å²) in [5, 5.41) is 0. The molecule has 0 aromatic rings. The van der Waals surface area contributed by atoms with Crippen LogP contribution < -0.4 is 0 Å². The fraction of sp³-hybridized carbons (Fsp3) is 1.00. The molecule has 6 unspecified atom stereocenters. The van der Waals surface area contributed by atoms with Gasteiger partial charge in [-0.15, -0.1) is 0 Å². The minimum Gasteiger partial charge on any atom is -0.265 e. The summed E-state index contributed by atoms with van der Waals surface area (Å²) in [5.74, 6) is 3.44. The molecule has 6 atom stereocenters. The Labute approximate surface area is 152 Å². The van der Waals surface area contributed by atoms with Crippen LogP contribution in [0.2, 0.25) is 0 Å². The molecule has 4 heteroatoms. The van der Waals surface area contributed by atoms with Gasteiger partial charge in [-0.3, -0.25) is 8.37 Å². The third kappa shape index (κ3) is 5.54. The smallest absolute Gasteiger partial charge is 0.265 e. The largest absolute Gasteiger partial charge is 0.305 e. The predicted octanol–water partition coefficient (Wildman–Crippen LogP) is 5.52. The fourth-order valence-electron chi connectivity index (χ4n) is 4.68. The van der Waals surface area contributed by atoms with Crippen molar-refractivity contribution in [1.29, 1.82) is 0 Å². The average Bonchev–Trinajstić information content (AvgIpc) is 2.46. The molecular weight excluding hydrogens is 320 g/mol. The lowest BCUT2D eigenvalue weighted by Gasteiger charge is -2.38. The standard InChI is InChI=1S/C20H38O3S/c1-13(2)17-9-7-15(5)11-19(17)22-24(21)23-20-12-16(6)8-10-18(20)14(3)4/h13-20H,7-12H2,1-6H3. The maximum absolute atomic E-state index is 12.6. The normalized spacial score (nSPS) is 39.3. The lowest BCUT2D eigenvalue weighted by Crippen LogP contribution is -2.38. The maximum Gasteiger partial charge on any atom is 0.305 e. The van der Waals surface area contributed by atoms with E-state index in [0.29, 0.717) is 35.5 Å². The molecule has 3 nitrogen and oxygen atoms in total. The highest BCUT2D eigenvalue weighted by atomic mass is 32.2. The van der Waals surface area contributed by atoms with Crippen molar-refractivity contribution in [3.05, 3.63) is 0 Å². The monoisotopic (exact) mass is 358 g/mol. The topological polar surface area (TPSA) is 35.5 Å². The first-order chi connectivity index (χ1) is 11.3. The Hall–Kier alpha value is 0.0700. The molecule has 0 saturated heterocycles. The molecule has 0 radical (unpaired) electrons. The van der Waals surface area contributed by atoms with E-state index >= 15 is 0 Å². The Morgan fingerprint density at radius 1 is 0.750 bits per heavy atom. The van der Waals surface area contributed by atoms with Gasteiger partial charge in [0.05, 0.1) is 12.2 Å². The third-order valence-corrected chi connectivity index (χ3v) is 7.14. The van der Waals surface area contributed by atoms with E-state index in [1.165, 1.54) is 25.7 Å². The first kappa shape index (κ1) is 20.4. The molecule has 0 heterocycles. The van der Waals surface area contributed by atoms with Crippen molar-refractivity contribution in [2.24, 2.45) is 35.5 Å². The zero-order valence-corrected chi connectivity index (χ0v) is 17.3. The zero-order chi connectivity index (χ0) is 17.9. The van der Waals surface area contributed by atoms with E-state index in [2.05, 4.69) is 41.5 Å². The predicted molar refractivity (Wildman–Crippen MR) is 101 cm³/mol. The second-order valence-corrected chi connectivity index (χ2v) is 9.92. The summed E-state index contributed by atoms with van der Waals surface area (Å²) in [7, 11) is 0. The molecular formula is C20H38O3S. The van der Waals surface area contributed by atoms with Crippen molar-refractivity contribution in [3.8, 4) is 0 Å². The van der Waals surface area contributed by atoms with Crippen molar-refractivity contribution in [1.82, 2.24) is 0 Å². The van der Waals surface area contributed by atoms with Crippen LogP contribution in [0.4, 0.5) is 0 Å². The highest BCUT2D eigenvalue weighted by Gasteiger charge is 2.36. The van der Waals surface area contributed by atoms with Crippen molar-refractivity contribution in [2.75, 3.05) is 0 Å². The second kappa shape index (κ2) is 9.14. The zero-order valence-electron chi connectivity index (χ0n) is 16.5. The highest BCUT2D eigenvalue weighted by Crippen LogP contribution is 2.38. The Balaban J connectivity index is 1.94. The molecule has 0 bridgehead atoms. The Morgan fingerprint density at radius 3 is 1.46 bits per heavy atom. The molecule has 2 saturated carbocycles. The van der Waals surface area contributed by atoms with Crippen LogP contribution in [-0.2, 0) is 19.7 Å². The molecule has 0 spiro atoms. The second-order valence-electron chi connectivity index (χ2n) is 9.13. The van der Waals surface area contributed by atoms with E-state index in [0.717, 1.165) is 12.8 Å². The Kier molecular flexibility index (Phi) is 7.76. The summed E-state index contributed by atoms with van der Waals surface area (Å²) in [4.78, 5) is 0. The van der Waals surface area contributed by atoms with Gasteiger partial charge in [0.1, 0.15) is 0 Å². The highest BCUT2D eigenvalue weighted by molar-refractivity contribution is 7.75. The van der Waals surface area contributed by atoms with Crippen molar-refractivity contribution >= 4 is 11.4 Å². The molecule has 0 aromatic carbocycles. The van der Waals surface area contributed by atoms with Gasteiger partial charge in [-0.1, -0.05) is 54.4 Å². The third-order valence-electron chi connectivity index (χ3n) is 6.33. The molecule has 2 aliphatic carbocycles. The quantitative estimate of drug-likeness (QED) is 0.627. The summed E-state index contributed by atoms with van der Waals surface area (Å²) < 4.78 is 24.5. The molecule has 24 heavy (non-hydrogen) atoms. The fourth-order valence-corrected chi connectivity index (χ4v) is 5.57. The van der Waals surface area contributed by atoms with Gasteiger partial charge < -0.3 is 0 Å². The van der Waals surface area contributed by atoms with Crippen LogP contribution in [0, 0.1) is 35.5 Å². The van der Waals surface area contributed by atoms with E-state index in [9.17, 15) is 4.21 Å².